The van der Waals surface area contributed by atoms with Gasteiger partial charge in [-0.1, -0.05) is 47.1 Å². The number of nitrogens with one attached hydrogen (secondary N) is 2. The summed E-state index contributed by atoms with van der Waals surface area (Å²) in [6.07, 6.45) is 14.8. The van der Waals surface area contributed by atoms with Crippen LogP contribution in [0.3, 0.4) is 0 Å². The normalized spacial score (nSPS) is 26.7. The summed E-state index contributed by atoms with van der Waals surface area (Å²) in [6, 6.07) is 16.8. The number of hydrogen-bond acceptors (Lipinski definition) is 7. The zero-order valence-electron chi connectivity index (χ0n) is 28.4. The number of fused-ring (bicyclic) bond motifs is 2. The van der Waals surface area contributed by atoms with E-state index in [-0.39, 0.29) is 17.1 Å². The molecule has 9 heteroatoms. The molecule has 250 valence electrons. The molecule has 0 spiro atoms. The van der Waals surface area contributed by atoms with E-state index in [2.05, 4.69) is 82.7 Å². The topological polar surface area (TPSA) is 94.7 Å². The molecule has 4 aliphatic carbocycles. The van der Waals surface area contributed by atoms with Gasteiger partial charge in [-0.3, -0.25) is 9.88 Å². The van der Waals surface area contributed by atoms with Crippen molar-refractivity contribution >= 4 is 33.9 Å². The van der Waals surface area contributed by atoms with Crippen LogP contribution in [0, 0.1) is 29.1 Å². The predicted molar refractivity (Wildman–Crippen MR) is 192 cm³/mol. The highest BCUT2D eigenvalue weighted by Crippen LogP contribution is 2.54. The molecule has 5 atom stereocenters. The molecular weight excluding hydrogens is 616 g/mol. The van der Waals surface area contributed by atoms with Crippen molar-refractivity contribution in [3.63, 3.8) is 0 Å². The number of aromatic nitrogens is 4. The third-order valence-corrected chi connectivity index (χ3v) is 12.1. The first kappa shape index (κ1) is 31.6. The number of anilines is 2. The van der Waals surface area contributed by atoms with E-state index >= 15 is 0 Å². The van der Waals surface area contributed by atoms with Crippen molar-refractivity contribution in [2.24, 2.45) is 17.8 Å². The van der Waals surface area contributed by atoms with Crippen LogP contribution in [-0.2, 0) is 0 Å². The van der Waals surface area contributed by atoms with Crippen molar-refractivity contribution in [3.8, 4) is 6.07 Å². The second kappa shape index (κ2) is 12.3. The first-order valence-corrected chi connectivity index (χ1v) is 18.3. The van der Waals surface area contributed by atoms with Crippen molar-refractivity contribution in [1.29, 1.82) is 5.26 Å². The summed E-state index contributed by atoms with van der Waals surface area (Å²) < 4.78 is 2.07. The molecule has 9 rings (SSSR count). The summed E-state index contributed by atoms with van der Waals surface area (Å²) in [5.74, 6) is 2.42. The second-order valence-electron chi connectivity index (χ2n) is 16.2. The number of pyridine rings is 1. The van der Waals surface area contributed by atoms with E-state index in [1.165, 1.54) is 38.5 Å². The van der Waals surface area contributed by atoms with Gasteiger partial charge in [0.25, 0.3) is 0 Å². The largest absolute Gasteiger partial charge is 0.378 e. The summed E-state index contributed by atoms with van der Waals surface area (Å²) in [5, 5.41) is 29.0. The number of piperidine rings is 1. The molecule has 2 N–H and O–H groups in total. The van der Waals surface area contributed by atoms with Gasteiger partial charge in [-0.2, -0.15) is 5.26 Å². The maximum absolute atomic E-state index is 10.3. The third kappa shape index (κ3) is 6.05. The SMILES string of the molecule is CC(C)(C)N1CCC(n2cc([C@@H](Nc3cc(Cl)cc4c(N[C@@]56CCC7C[C@H](C[C@H](C7)C5)C6)c(C#N)cnc34)c3ccccc3)nn2)CC1. The molecule has 1 aliphatic heterocycles. The molecule has 1 unspecified atom stereocenters. The summed E-state index contributed by atoms with van der Waals surface area (Å²) in [5.41, 5.74) is 5.18. The van der Waals surface area contributed by atoms with Crippen LogP contribution >= 0.6 is 11.6 Å². The number of halogens is 1. The summed E-state index contributed by atoms with van der Waals surface area (Å²) >= 11 is 6.90. The minimum Gasteiger partial charge on any atom is -0.378 e. The Balaban J connectivity index is 1.14. The molecule has 5 fully saturated rings. The van der Waals surface area contributed by atoms with Gasteiger partial charge in [0.2, 0.25) is 0 Å². The van der Waals surface area contributed by atoms with E-state index < -0.39 is 0 Å². The van der Waals surface area contributed by atoms with Gasteiger partial charge in [0, 0.05) is 40.8 Å². The smallest absolute Gasteiger partial charge is 0.109 e. The van der Waals surface area contributed by atoms with Crippen LogP contribution in [0.1, 0.15) is 107 Å². The van der Waals surface area contributed by atoms with E-state index in [4.69, 9.17) is 21.7 Å². The number of benzene rings is 2. The number of rotatable bonds is 7. The van der Waals surface area contributed by atoms with Crippen LogP contribution in [0.15, 0.2) is 54.9 Å². The van der Waals surface area contributed by atoms with Crippen LogP contribution in [0.2, 0.25) is 5.02 Å². The first-order valence-electron chi connectivity index (χ1n) is 18.0. The Morgan fingerprint density at radius 2 is 1.73 bits per heavy atom. The van der Waals surface area contributed by atoms with Gasteiger partial charge in [0.1, 0.15) is 11.8 Å². The average Bonchev–Trinajstić information content (AvgIpc) is 3.48. The van der Waals surface area contributed by atoms with Crippen molar-refractivity contribution < 1.29 is 0 Å². The summed E-state index contributed by atoms with van der Waals surface area (Å²) in [4.78, 5) is 7.44. The van der Waals surface area contributed by atoms with Crippen LogP contribution in [-0.4, -0.2) is 49.0 Å². The Bertz CT molecular complexity index is 1820. The van der Waals surface area contributed by atoms with Gasteiger partial charge in [0.05, 0.1) is 40.7 Å². The molecule has 0 amide bonds. The van der Waals surface area contributed by atoms with Gasteiger partial charge in [-0.25, -0.2) is 4.68 Å². The van der Waals surface area contributed by atoms with Gasteiger partial charge >= 0.3 is 0 Å². The number of likely N-dealkylation sites (tertiary alicyclic amines) is 1. The van der Waals surface area contributed by atoms with Crippen molar-refractivity contribution in [2.75, 3.05) is 23.7 Å². The lowest BCUT2D eigenvalue weighted by Gasteiger charge is -2.46. The molecule has 8 nitrogen and oxygen atoms in total. The third-order valence-electron chi connectivity index (χ3n) is 11.9. The number of hydrogen-bond donors (Lipinski definition) is 2. The quantitative estimate of drug-likeness (QED) is 0.204. The van der Waals surface area contributed by atoms with Crippen molar-refractivity contribution in [3.05, 3.63) is 76.7 Å². The van der Waals surface area contributed by atoms with Gasteiger partial charge < -0.3 is 10.6 Å². The molecule has 1 saturated heterocycles. The van der Waals surface area contributed by atoms with Crippen molar-refractivity contribution in [2.45, 2.75) is 102 Å². The number of nitrogens with zero attached hydrogens (tertiary/aromatic N) is 6. The highest BCUT2D eigenvalue weighted by molar-refractivity contribution is 6.32. The molecule has 5 aliphatic rings. The molecule has 3 heterocycles. The second-order valence-corrected chi connectivity index (χ2v) is 16.6. The molecule has 4 bridgehead atoms. The lowest BCUT2D eigenvalue weighted by atomic mass is 9.65. The number of nitriles is 1. The van der Waals surface area contributed by atoms with Gasteiger partial charge in [-0.15, -0.1) is 5.10 Å². The Morgan fingerprint density at radius 3 is 2.44 bits per heavy atom. The Morgan fingerprint density at radius 1 is 1.00 bits per heavy atom. The Hall–Kier alpha value is -3.67. The summed E-state index contributed by atoms with van der Waals surface area (Å²) in [7, 11) is 0. The van der Waals surface area contributed by atoms with E-state index in [1.54, 1.807) is 6.20 Å². The van der Waals surface area contributed by atoms with Crippen LogP contribution < -0.4 is 10.6 Å². The highest BCUT2D eigenvalue weighted by Gasteiger charge is 2.48. The first-order chi connectivity index (χ1) is 23.2. The Kier molecular flexibility index (Phi) is 8.12. The standard InChI is InChI=1S/C39H47ClN8/c1-38(2,3)47-13-10-31(11-14-47)48-24-34(45-46-48)36(28-7-5-4-6-8-28)43-33-19-30(40)18-32-35(29(22-41)23-42-37(32)33)44-39-12-9-25-15-26(20-39)17-27(16-25)21-39/h4-8,18-19,23-27,31,36,43H,9-17,20-21H2,1-3H3,(H,42,44)/t25?,26-,27+,36-,39-/m0/s1. The maximum Gasteiger partial charge on any atom is 0.109 e. The molecule has 2 aromatic carbocycles. The molecule has 4 aromatic rings. The minimum absolute atomic E-state index is 0.0166. The van der Waals surface area contributed by atoms with Gasteiger partial charge in [0.15, 0.2) is 0 Å². The Labute approximate surface area is 289 Å². The van der Waals surface area contributed by atoms with E-state index in [1.807, 2.05) is 18.2 Å². The lowest BCUT2D eigenvalue weighted by molar-refractivity contribution is 0.0866. The maximum atomic E-state index is 10.3. The molecule has 0 radical (unpaired) electrons. The zero-order valence-corrected chi connectivity index (χ0v) is 29.2. The fourth-order valence-electron chi connectivity index (χ4n) is 9.70. The molecule has 2 aromatic heterocycles. The van der Waals surface area contributed by atoms with E-state index in [0.29, 0.717) is 16.6 Å². The monoisotopic (exact) mass is 662 g/mol. The fourth-order valence-corrected chi connectivity index (χ4v) is 9.92. The molecule has 4 saturated carbocycles. The lowest BCUT2D eigenvalue weighted by Crippen LogP contribution is -2.46. The predicted octanol–water partition coefficient (Wildman–Crippen LogP) is 8.76. The summed E-state index contributed by atoms with van der Waals surface area (Å²) in [6.45, 7) is 8.96. The van der Waals surface area contributed by atoms with Crippen molar-refractivity contribution in [1.82, 2.24) is 24.9 Å². The van der Waals surface area contributed by atoms with E-state index in [0.717, 1.165) is 83.6 Å². The highest BCUT2D eigenvalue weighted by atomic mass is 35.5. The molecular formula is C39H47ClN8. The average molecular weight is 663 g/mol. The van der Waals surface area contributed by atoms with Crippen LogP contribution in [0.4, 0.5) is 11.4 Å². The zero-order chi connectivity index (χ0) is 33.0. The fraction of sp³-hybridized carbons (Fsp3) is 0.538. The minimum atomic E-state index is -0.267. The van der Waals surface area contributed by atoms with Gasteiger partial charge in [-0.05, 0) is 114 Å². The van der Waals surface area contributed by atoms with E-state index in [9.17, 15) is 5.26 Å². The molecule has 48 heavy (non-hydrogen) atoms. The van der Waals surface area contributed by atoms with Crippen LogP contribution in [0.25, 0.3) is 10.9 Å². The van der Waals surface area contributed by atoms with Crippen LogP contribution in [0.5, 0.6) is 0 Å².